The third-order valence-corrected chi connectivity index (χ3v) is 6.31. The van der Waals surface area contributed by atoms with Crippen molar-refractivity contribution in [3.05, 3.63) is 112 Å². The zero-order valence-corrected chi connectivity index (χ0v) is 19.2. The maximum absolute atomic E-state index is 12.9. The minimum absolute atomic E-state index is 0.0916. The summed E-state index contributed by atoms with van der Waals surface area (Å²) in [5.74, 6) is 0.678. The van der Waals surface area contributed by atoms with Crippen LogP contribution in [0.25, 0.3) is 33.5 Å². The van der Waals surface area contributed by atoms with E-state index >= 15 is 0 Å². The van der Waals surface area contributed by atoms with Gasteiger partial charge in [-0.3, -0.25) is 4.79 Å². The van der Waals surface area contributed by atoms with E-state index in [9.17, 15) is 4.79 Å². The fourth-order valence-electron chi connectivity index (χ4n) is 3.96. The van der Waals surface area contributed by atoms with Gasteiger partial charge >= 0.3 is 0 Å². The van der Waals surface area contributed by atoms with Crippen LogP contribution in [-0.2, 0) is 6.42 Å². The van der Waals surface area contributed by atoms with Crippen LogP contribution in [0, 0.1) is 0 Å². The molecule has 5 rings (SSSR count). The van der Waals surface area contributed by atoms with Gasteiger partial charge in [-0.15, -0.1) is 0 Å². The van der Waals surface area contributed by atoms with Crippen LogP contribution >= 0.6 is 23.2 Å². The van der Waals surface area contributed by atoms with Crippen molar-refractivity contribution in [2.75, 3.05) is 0 Å². The van der Waals surface area contributed by atoms with Gasteiger partial charge in [0.05, 0.1) is 26.6 Å². The molecule has 3 nitrogen and oxygen atoms in total. The lowest BCUT2D eigenvalue weighted by atomic mass is 9.98. The third kappa shape index (κ3) is 4.56. The number of ketones is 1. The molecule has 1 heterocycles. The summed E-state index contributed by atoms with van der Waals surface area (Å²) in [5, 5.41) is 1.05. The predicted octanol–water partition coefficient (Wildman–Crippen LogP) is 8.02. The van der Waals surface area contributed by atoms with Crippen molar-refractivity contribution >= 4 is 40.0 Å². The summed E-state index contributed by atoms with van der Waals surface area (Å²) in [5.41, 5.74) is 6.31. The Morgan fingerprint density at radius 1 is 0.788 bits per heavy atom. The van der Waals surface area contributed by atoms with Gasteiger partial charge in [0.15, 0.2) is 5.78 Å². The Bertz CT molecular complexity index is 1440. The van der Waals surface area contributed by atoms with E-state index in [1.165, 1.54) is 5.56 Å². The molecule has 0 fully saturated rings. The number of imidazole rings is 1. The lowest BCUT2D eigenvalue weighted by Gasteiger charge is -2.06. The maximum atomic E-state index is 12.9. The molecule has 0 saturated carbocycles. The van der Waals surface area contributed by atoms with E-state index in [1.54, 1.807) is 18.2 Å². The molecule has 0 bridgehead atoms. The number of benzene rings is 4. The van der Waals surface area contributed by atoms with Crippen LogP contribution in [0.2, 0.25) is 10.0 Å². The molecular formula is C28H20Cl2N2O. The molecule has 0 spiro atoms. The molecule has 162 valence electrons. The van der Waals surface area contributed by atoms with Crippen LogP contribution in [0.3, 0.4) is 0 Å². The van der Waals surface area contributed by atoms with Crippen LogP contribution < -0.4 is 0 Å². The highest BCUT2D eigenvalue weighted by molar-refractivity contribution is 6.39. The smallest absolute Gasteiger partial charge is 0.163 e. The second-order valence-electron chi connectivity index (χ2n) is 7.90. The molecule has 0 amide bonds. The number of nitrogens with zero attached hydrogens (tertiary/aromatic N) is 1. The SMILES string of the molecule is O=C(CCc1cccc(-c2ccccc2)c1)c1ccc2nc(-c3c(Cl)cccc3Cl)[nH]c2c1. The van der Waals surface area contributed by atoms with E-state index in [0.717, 1.165) is 22.2 Å². The van der Waals surface area contributed by atoms with E-state index in [1.807, 2.05) is 42.5 Å². The summed E-state index contributed by atoms with van der Waals surface area (Å²) in [4.78, 5) is 20.8. The van der Waals surface area contributed by atoms with Gasteiger partial charge in [0.2, 0.25) is 0 Å². The van der Waals surface area contributed by atoms with Crippen molar-refractivity contribution in [3.8, 4) is 22.5 Å². The van der Waals surface area contributed by atoms with Crippen molar-refractivity contribution in [3.63, 3.8) is 0 Å². The molecule has 4 aromatic carbocycles. The standard InChI is InChI=1S/C28H20Cl2N2O/c29-22-10-5-11-23(30)27(22)28-31-24-14-13-21(17-25(24)32-28)26(33)15-12-18-6-4-9-20(16-18)19-7-2-1-3-8-19/h1-11,13-14,16-17H,12,15H2,(H,31,32). The second kappa shape index (κ2) is 9.22. The number of halogens is 2. The summed E-state index contributed by atoms with van der Waals surface area (Å²) < 4.78 is 0. The molecule has 1 N–H and O–H groups in total. The topological polar surface area (TPSA) is 45.8 Å². The number of carbonyl (C=O) groups is 1. The largest absolute Gasteiger partial charge is 0.338 e. The first-order valence-corrected chi connectivity index (χ1v) is 11.5. The first-order valence-electron chi connectivity index (χ1n) is 10.7. The molecule has 5 heteroatoms. The highest BCUT2D eigenvalue weighted by atomic mass is 35.5. The van der Waals surface area contributed by atoms with Gasteiger partial charge < -0.3 is 4.98 Å². The van der Waals surface area contributed by atoms with Gasteiger partial charge in [-0.2, -0.15) is 0 Å². The van der Waals surface area contributed by atoms with Gasteiger partial charge in [-0.05, 0) is 53.4 Å². The zero-order chi connectivity index (χ0) is 22.8. The fraction of sp³-hybridized carbons (Fsp3) is 0.0714. The van der Waals surface area contributed by atoms with Crippen LogP contribution in [0.5, 0.6) is 0 Å². The Kier molecular flexibility index (Phi) is 5.99. The molecule has 5 aromatic rings. The van der Waals surface area contributed by atoms with Gasteiger partial charge in [-0.1, -0.05) is 83.9 Å². The zero-order valence-electron chi connectivity index (χ0n) is 17.7. The number of H-pyrrole nitrogens is 1. The lowest BCUT2D eigenvalue weighted by molar-refractivity contribution is 0.0983. The molecule has 0 aliphatic heterocycles. The average Bonchev–Trinajstić information content (AvgIpc) is 3.26. The summed E-state index contributed by atoms with van der Waals surface area (Å²) in [7, 11) is 0. The first-order chi connectivity index (χ1) is 16.1. The molecule has 0 atom stereocenters. The van der Waals surface area contributed by atoms with Crippen LogP contribution in [0.1, 0.15) is 22.3 Å². The Labute approximate surface area is 202 Å². The van der Waals surface area contributed by atoms with Crippen LogP contribution in [0.4, 0.5) is 0 Å². The Morgan fingerprint density at radius 3 is 2.30 bits per heavy atom. The third-order valence-electron chi connectivity index (χ3n) is 5.68. The Hall–Kier alpha value is -3.40. The summed E-state index contributed by atoms with van der Waals surface area (Å²) >= 11 is 12.6. The number of nitrogens with one attached hydrogen (secondary N) is 1. The number of fused-ring (bicyclic) bond motifs is 1. The Morgan fingerprint density at radius 2 is 1.52 bits per heavy atom. The molecular weight excluding hydrogens is 451 g/mol. The van der Waals surface area contributed by atoms with Crippen molar-refractivity contribution in [1.29, 1.82) is 0 Å². The number of hydrogen-bond acceptors (Lipinski definition) is 2. The van der Waals surface area contributed by atoms with Gasteiger partial charge in [0, 0.05) is 12.0 Å². The average molecular weight is 471 g/mol. The number of rotatable bonds is 6. The number of hydrogen-bond donors (Lipinski definition) is 1. The van der Waals surface area contributed by atoms with E-state index in [4.69, 9.17) is 23.2 Å². The minimum Gasteiger partial charge on any atom is -0.338 e. The molecule has 1 aromatic heterocycles. The normalized spacial score (nSPS) is 11.1. The lowest BCUT2D eigenvalue weighted by Crippen LogP contribution is -2.01. The number of Topliss-reactive ketones (excluding diaryl/α,β-unsaturated/α-hetero) is 1. The molecule has 0 saturated heterocycles. The van der Waals surface area contributed by atoms with Gasteiger partial charge in [0.1, 0.15) is 5.82 Å². The molecule has 0 aliphatic rings. The second-order valence-corrected chi connectivity index (χ2v) is 8.72. The van der Waals surface area contributed by atoms with Crippen molar-refractivity contribution in [2.45, 2.75) is 12.8 Å². The van der Waals surface area contributed by atoms with Gasteiger partial charge in [0.25, 0.3) is 0 Å². The quantitative estimate of drug-likeness (QED) is 0.255. The van der Waals surface area contributed by atoms with Crippen molar-refractivity contribution < 1.29 is 4.79 Å². The highest BCUT2D eigenvalue weighted by Crippen LogP contribution is 2.34. The van der Waals surface area contributed by atoms with Crippen molar-refractivity contribution in [2.24, 2.45) is 0 Å². The van der Waals surface area contributed by atoms with Crippen molar-refractivity contribution in [1.82, 2.24) is 9.97 Å². The highest BCUT2D eigenvalue weighted by Gasteiger charge is 2.14. The minimum atomic E-state index is 0.0916. The maximum Gasteiger partial charge on any atom is 0.163 e. The number of carbonyl (C=O) groups excluding carboxylic acids is 1. The molecule has 0 aliphatic carbocycles. The number of aromatic nitrogens is 2. The summed E-state index contributed by atoms with van der Waals surface area (Å²) in [6, 6.07) is 29.5. The molecule has 0 radical (unpaired) electrons. The van der Waals surface area contributed by atoms with Crippen LogP contribution in [-0.4, -0.2) is 15.8 Å². The summed E-state index contributed by atoms with van der Waals surface area (Å²) in [6.45, 7) is 0. The Balaban J connectivity index is 1.34. The van der Waals surface area contributed by atoms with E-state index in [0.29, 0.717) is 39.8 Å². The molecule has 33 heavy (non-hydrogen) atoms. The monoisotopic (exact) mass is 470 g/mol. The van der Waals surface area contributed by atoms with Crippen LogP contribution in [0.15, 0.2) is 91.0 Å². The van der Waals surface area contributed by atoms with Gasteiger partial charge in [-0.25, -0.2) is 4.98 Å². The fourth-order valence-corrected chi connectivity index (χ4v) is 4.54. The summed E-state index contributed by atoms with van der Waals surface area (Å²) in [6.07, 6.45) is 1.11. The van der Waals surface area contributed by atoms with E-state index in [2.05, 4.69) is 40.3 Å². The molecule has 0 unspecified atom stereocenters. The van der Waals surface area contributed by atoms with E-state index < -0.39 is 0 Å². The number of aryl methyl sites for hydroxylation is 1. The predicted molar refractivity (Wildman–Crippen MR) is 136 cm³/mol. The number of aromatic amines is 1. The first kappa shape index (κ1) is 21.4. The van der Waals surface area contributed by atoms with E-state index in [-0.39, 0.29) is 5.78 Å².